The summed E-state index contributed by atoms with van der Waals surface area (Å²) in [4.78, 5) is 0. The quantitative estimate of drug-likeness (QED) is 0.872. The number of benzene rings is 1. The number of rotatable bonds is 5. The summed E-state index contributed by atoms with van der Waals surface area (Å²) in [5.41, 5.74) is 1.08. The Kier molecular flexibility index (Phi) is 5.51. The zero-order chi connectivity index (χ0) is 12.8. The molecular formula is C14H20ClNOS. The van der Waals surface area contributed by atoms with Gasteiger partial charge in [0.1, 0.15) is 5.75 Å². The summed E-state index contributed by atoms with van der Waals surface area (Å²) in [6.45, 7) is 3.65. The first kappa shape index (κ1) is 13.9. The van der Waals surface area contributed by atoms with Gasteiger partial charge in [-0.05, 0) is 55.4 Å². The molecule has 1 aromatic carbocycles. The van der Waals surface area contributed by atoms with Gasteiger partial charge in [-0.3, -0.25) is 0 Å². The van der Waals surface area contributed by atoms with Gasteiger partial charge in [0, 0.05) is 12.2 Å². The summed E-state index contributed by atoms with van der Waals surface area (Å²) in [5, 5.41) is 4.15. The molecule has 0 aliphatic carbocycles. The largest absolute Gasteiger partial charge is 0.492 e. The summed E-state index contributed by atoms with van der Waals surface area (Å²) in [6.07, 6.45) is 2.69. The van der Waals surface area contributed by atoms with Gasteiger partial charge >= 0.3 is 0 Å². The third-order valence-electron chi connectivity index (χ3n) is 3.08. The molecule has 4 heteroatoms. The second-order valence-corrected chi connectivity index (χ2v) is 6.10. The van der Waals surface area contributed by atoms with Crippen LogP contribution in [0, 0.1) is 5.92 Å². The van der Waals surface area contributed by atoms with Crippen molar-refractivity contribution in [3.05, 3.63) is 23.2 Å². The number of nitrogens with one attached hydrogen (secondary N) is 1. The van der Waals surface area contributed by atoms with E-state index in [-0.39, 0.29) is 0 Å². The number of thioether (sulfide) groups is 1. The van der Waals surface area contributed by atoms with Crippen molar-refractivity contribution in [2.24, 2.45) is 5.92 Å². The van der Waals surface area contributed by atoms with Gasteiger partial charge in [-0.25, -0.2) is 0 Å². The zero-order valence-corrected chi connectivity index (χ0v) is 12.3. The molecule has 1 saturated heterocycles. The fraction of sp³-hybridized carbons (Fsp3) is 0.571. The molecule has 0 radical (unpaired) electrons. The number of halogens is 1. The molecule has 18 heavy (non-hydrogen) atoms. The Balaban J connectivity index is 1.87. The van der Waals surface area contributed by atoms with Crippen molar-refractivity contribution >= 4 is 29.1 Å². The molecule has 0 saturated carbocycles. The molecule has 100 valence electrons. The van der Waals surface area contributed by atoms with Crippen molar-refractivity contribution in [2.75, 3.05) is 30.0 Å². The molecule has 1 aliphatic rings. The van der Waals surface area contributed by atoms with E-state index in [1.807, 2.05) is 25.1 Å². The number of ether oxygens (including phenoxy) is 1. The molecule has 2 rings (SSSR count). The van der Waals surface area contributed by atoms with Crippen LogP contribution in [0.5, 0.6) is 5.75 Å². The van der Waals surface area contributed by atoms with E-state index in [2.05, 4.69) is 17.1 Å². The molecule has 1 atom stereocenters. The van der Waals surface area contributed by atoms with Crippen molar-refractivity contribution in [3.63, 3.8) is 0 Å². The topological polar surface area (TPSA) is 21.3 Å². The summed E-state index contributed by atoms with van der Waals surface area (Å²) >= 11 is 8.22. The maximum Gasteiger partial charge on any atom is 0.138 e. The number of anilines is 1. The van der Waals surface area contributed by atoms with E-state index in [1.54, 1.807) is 0 Å². The van der Waals surface area contributed by atoms with Gasteiger partial charge in [-0.15, -0.1) is 0 Å². The van der Waals surface area contributed by atoms with Gasteiger partial charge in [-0.2, -0.15) is 11.8 Å². The Morgan fingerprint density at radius 3 is 3.06 bits per heavy atom. The van der Waals surface area contributed by atoms with Gasteiger partial charge in [0.05, 0.1) is 11.6 Å². The smallest absolute Gasteiger partial charge is 0.138 e. The predicted molar refractivity (Wildman–Crippen MR) is 81.2 cm³/mol. The van der Waals surface area contributed by atoms with Gasteiger partial charge in [0.2, 0.25) is 0 Å². The van der Waals surface area contributed by atoms with Crippen molar-refractivity contribution in [1.29, 1.82) is 0 Å². The lowest BCUT2D eigenvalue weighted by Gasteiger charge is -2.22. The Morgan fingerprint density at radius 2 is 2.39 bits per heavy atom. The van der Waals surface area contributed by atoms with Crippen LogP contribution in [0.3, 0.4) is 0 Å². The van der Waals surface area contributed by atoms with Gasteiger partial charge in [-0.1, -0.05) is 11.6 Å². The lowest BCUT2D eigenvalue weighted by atomic mass is 10.1. The summed E-state index contributed by atoms with van der Waals surface area (Å²) in [6, 6.07) is 5.92. The fourth-order valence-corrected chi connectivity index (χ4v) is 3.50. The second-order valence-electron chi connectivity index (χ2n) is 4.54. The molecule has 1 heterocycles. The standard InChI is InChI=1S/C14H20ClNOS/c1-2-17-14-6-5-12(8-13(14)15)16-9-11-4-3-7-18-10-11/h5-6,8,11,16H,2-4,7,9-10H2,1H3. The number of hydrogen-bond acceptors (Lipinski definition) is 3. The molecule has 1 aromatic rings. The van der Waals surface area contributed by atoms with Crippen LogP contribution in [0.2, 0.25) is 5.02 Å². The highest BCUT2D eigenvalue weighted by molar-refractivity contribution is 7.99. The second kappa shape index (κ2) is 7.15. The molecular weight excluding hydrogens is 266 g/mol. The van der Waals surface area contributed by atoms with Crippen LogP contribution >= 0.6 is 23.4 Å². The predicted octanol–water partition coefficient (Wildman–Crippen LogP) is 4.29. The molecule has 1 unspecified atom stereocenters. The van der Waals surface area contributed by atoms with E-state index < -0.39 is 0 Å². The third kappa shape index (κ3) is 3.99. The molecule has 1 aliphatic heterocycles. The average molecular weight is 286 g/mol. The highest BCUT2D eigenvalue weighted by Gasteiger charge is 2.13. The van der Waals surface area contributed by atoms with Crippen LogP contribution in [0.15, 0.2) is 18.2 Å². The maximum absolute atomic E-state index is 6.16. The average Bonchev–Trinajstić information content (AvgIpc) is 2.41. The van der Waals surface area contributed by atoms with Crippen LogP contribution in [-0.2, 0) is 0 Å². The van der Waals surface area contributed by atoms with Crippen molar-refractivity contribution in [1.82, 2.24) is 0 Å². The van der Waals surface area contributed by atoms with Gasteiger partial charge in [0.15, 0.2) is 0 Å². The molecule has 0 bridgehead atoms. The van der Waals surface area contributed by atoms with E-state index >= 15 is 0 Å². The van der Waals surface area contributed by atoms with E-state index in [0.29, 0.717) is 11.6 Å². The summed E-state index contributed by atoms with van der Waals surface area (Å²) in [7, 11) is 0. The number of hydrogen-bond donors (Lipinski definition) is 1. The van der Waals surface area contributed by atoms with E-state index in [0.717, 1.165) is 23.9 Å². The maximum atomic E-state index is 6.16. The Labute approximate surface area is 118 Å². The Morgan fingerprint density at radius 1 is 1.50 bits per heavy atom. The van der Waals surface area contributed by atoms with Crippen LogP contribution in [0.25, 0.3) is 0 Å². The fourth-order valence-electron chi connectivity index (χ4n) is 2.11. The van der Waals surface area contributed by atoms with Crippen molar-refractivity contribution in [2.45, 2.75) is 19.8 Å². The molecule has 1 fully saturated rings. The van der Waals surface area contributed by atoms with Crippen LogP contribution in [-0.4, -0.2) is 24.7 Å². The van der Waals surface area contributed by atoms with Gasteiger partial charge < -0.3 is 10.1 Å². The van der Waals surface area contributed by atoms with Gasteiger partial charge in [0.25, 0.3) is 0 Å². The van der Waals surface area contributed by atoms with Crippen molar-refractivity contribution in [3.8, 4) is 5.75 Å². The molecule has 0 aromatic heterocycles. The third-order valence-corrected chi connectivity index (χ3v) is 4.66. The summed E-state index contributed by atoms with van der Waals surface area (Å²) < 4.78 is 5.42. The molecule has 1 N–H and O–H groups in total. The SMILES string of the molecule is CCOc1ccc(NCC2CCCSC2)cc1Cl. The minimum Gasteiger partial charge on any atom is -0.492 e. The van der Waals surface area contributed by atoms with Crippen LogP contribution < -0.4 is 10.1 Å². The monoisotopic (exact) mass is 285 g/mol. The molecule has 0 amide bonds. The lowest BCUT2D eigenvalue weighted by molar-refractivity contribution is 0.340. The molecule has 2 nitrogen and oxygen atoms in total. The normalized spacial score (nSPS) is 19.6. The van der Waals surface area contributed by atoms with E-state index in [9.17, 15) is 0 Å². The highest BCUT2D eigenvalue weighted by Crippen LogP contribution is 2.28. The summed E-state index contributed by atoms with van der Waals surface area (Å²) in [5.74, 6) is 4.15. The van der Waals surface area contributed by atoms with E-state index in [1.165, 1.54) is 24.3 Å². The first-order chi connectivity index (χ1) is 8.79. The molecule has 0 spiro atoms. The van der Waals surface area contributed by atoms with Crippen molar-refractivity contribution < 1.29 is 4.74 Å². The Hall–Kier alpha value is -0.540. The zero-order valence-electron chi connectivity index (χ0n) is 10.7. The van der Waals surface area contributed by atoms with E-state index in [4.69, 9.17) is 16.3 Å². The minimum absolute atomic E-state index is 0.645. The Bertz CT molecular complexity index is 380. The first-order valence-electron chi connectivity index (χ1n) is 6.53. The van der Waals surface area contributed by atoms with Crippen LogP contribution in [0.4, 0.5) is 5.69 Å². The highest BCUT2D eigenvalue weighted by atomic mass is 35.5. The van der Waals surface area contributed by atoms with Crippen LogP contribution in [0.1, 0.15) is 19.8 Å². The lowest BCUT2D eigenvalue weighted by Crippen LogP contribution is -2.20. The first-order valence-corrected chi connectivity index (χ1v) is 8.07. The minimum atomic E-state index is 0.645.